The molecular weight excluding hydrogens is 339 g/mol. The van der Waals surface area contributed by atoms with E-state index in [2.05, 4.69) is 10.4 Å². The number of amides is 3. The first-order valence-corrected chi connectivity index (χ1v) is 7.33. The summed E-state index contributed by atoms with van der Waals surface area (Å²) < 4.78 is 39.2. The van der Waals surface area contributed by atoms with Crippen molar-refractivity contribution in [3.05, 3.63) is 47.3 Å². The van der Waals surface area contributed by atoms with Crippen molar-refractivity contribution < 1.29 is 22.8 Å². The number of nitrogens with two attached hydrogens (primary N) is 1. The largest absolute Gasteiger partial charge is 0.416 e. The van der Waals surface area contributed by atoms with Gasteiger partial charge in [-0.05, 0) is 24.3 Å². The zero-order valence-electron chi connectivity index (χ0n) is 12.9. The van der Waals surface area contributed by atoms with Crippen molar-refractivity contribution in [2.75, 3.05) is 11.9 Å². The molecule has 1 aromatic heterocycles. The molecule has 1 aliphatic rings. The summed E-state index contributed by atoms with van der Waals surface area (Å²) in [6.07, 6.45) is -3.08. The van der Waals surface area contributed by atoms with Crippen molar-refractivity contribution in [3.8, 4) is 0 Å². The molecule has 132 valence electrons. The minimum atomic E-state index is -4.43. The first-order chi connectivity index (χ1) is 11.8. The van der Waals surface area contributed by atoms with E-state index in [1.54, 1.807) is 4.68 Å². The number of carbonyl (C=O) groups is 2. The predicted octanol–water partition coefficient (Wildman–Crippen LogP) is 2.05. The standard InChI is InChI=1S/C15H14F3N5O2/c16-15(17,18)9-1-3-10(4-2-9)21-14(25)22-5-6-23-12(8-22)11(7-20-23)13(19)24/h1-4,7H,5-6,8H2,(H2,19,24)(H,21,25). The Hall–Kier alpha value is -3.04. The first kappa shape index (κ1) is 16.8. The molecule has 3 amide bonds. The van der Waals surface area contributed by atoms with Gasteiger partial charge in [-0.1, -0.05) is 0 Å². The second-order valence-electron chi connectivity index (χ2n) is 5.52. The van der Waals surface area contributed by atoms with Crippen LogP contribution < -0.4 is 11.1 Å². The van der Waals surface area contributed by atoms with Gasteiger partial charge in [0.2, 0.25) is 0 Å². The molecule has 25 heavy (non-hydrogen) atoms. The Balaban J connectivity index is 1.70. The van der Waals surface area contributed by atoms with Crippen molar-refractivity contribution in [1.29, 1.82) is 0 Å². The Labute approximate surface area is 140 Å². The molecule has 7 nitrogen and oxygen atoms in total. The van der Waals surface area contributed by atoms with Crippen molar-refractivity contribution in [1.82, 2.24) is 14.7 Å². The zero-order valence-corrected chi connectivity index (χ0v) is 12.9. The number of hydrogen-bond acceptors (Lipinski definition) is 3. The van der Waals surface area contributed by atoms with E-state index in [0.29, 0.717) is 18.8 Å². The van der Waals surface area contributed by atoms with E-state index in [9.17, 15) is 22.8 Å². The van der Waals surface area contributed by atoms with Gasteiger partial charge in [-0.3, -0.25) is 9.48 Å². The van der Waals surface area contributed by atoms with Gasteiger partial charge < -0.3 is 16.0 Å². The number of rotatable bonds is 2. The SMILES string of the molecule is NC(=O)c1cnn2c1CN(C(=O)Nc1ccc(C(F)(F)F)cc1)CC2. The van der Waals surface area contributed by atoms with Crippen LogP contribution in [-0.2, 0) is 19.3 Å². The average Bonchev–Trinajstić information content (AvgIpc) is 2.97. The highest BCUT2D eigenvalue weighted by Gasteiger charge is 2.30. The maximum Gasteiger partial charge on any atom is 0.416 e. The third-order valence-corrected chi connectivity index (χ3v) is 3.89. The number of carbonyl (C=O) groups excluding carboxylic acids is 2. The fourth-order valence-electron chi connectivity index (χ4n) is 2.57. The highest BCUT2D eigenvalue weighted by molar-refractivity contribution is 5.94. The van der Waals surface area contributed by atoms with Crippen LogP contribution in [0.4, 0.5) is 23.7 Å². The molecule has 0 saturated heterocycles. The summed E-state index contributed by atoms with van der Waals surface area (Å²) in [5.41, 5.74) is 5.49. The smallest absolute Gasteiger partial charge is 0.365 e. The lowest BCUT2D eigenvalue weighted by Crippen LogP contribution is -2.41. The molecule has 1 aromatic carbocycles. The molecule has 2 aromatic rings. The number of primary amides is 1. The lowest BCUT2D eigenvalue weighted by Gasteiger charge is -2.28. The molecule has 0 aliphatic carbocycles. The maximum atomic E-state index is 12.5. The van der Waals surface area contributed by atoms with E-state index < -0.39 is 23.7 Å². The van der Waals surface area contributed by atoms with Crippen LogP contribution in [-0.4, -0.2) is 33.2 Å². The summed E-state index contributed by atoms with van der Waals surface area (Å²) in [6, 6.07) is 3.67. The third-order valence-electron chi connectivity index (χ3n) is 3.89. The molecule has 0 spiro atoms. The molecule has 3 N–H and O–H groups in total. The zero-order chi connectivity index (χ0) is 18.2. The Morgan fingerprint density at radius 2 is 1.84 bits per heavy atom. The average molecular weight is 353 g/mol. The second kappa shape index (κ2) is 6.11. The van der Waals surface area contributed by atoms with Crippen LogP contribution in [0.15, 0.2) is 30.5 Å². The highest BCUT2D eigenvalue weighted by Crippen LogP contribution is 2.30. The number of nitrogens with one attached hydrogen (secondary N) is 1. The molecule has 0 bridgehead atoms. The van der Waals surface area contributed by atoms with Crippen LogP contribution in [0.25, 0.3) is 0 Å². The van der Waals surface area contributed by atoms with Crippen molar-refractivity contribution in [2.24, 2.45) is 5.73 Å². The van der Waals surface area contributed by atoms with Gasteiger partial charge in [-0.15, -0.1) is 0 Å². The number of aromatic nitrogens is 2. The first-order valence-electron chi connectivity index (χ1n) is 7.33. The number of hydrogen-bond donors (Lipinski definition) is 2. The van der Waals surface area contributed by atoms with Crippen LogP contribution in [0.2, 0.25) is 0 Å². The summed E-state index contributed by atoms with van der Waals surface area (Å²) in [4.78, 5) is 25.1. The molecule has 0 atom stereocenters. The molecule has 0 unspecified atom stereocenters. The Morgan fingerprint density at radius 3 is 2.44 bits per heavy atom. The minimum Gasteiger partial charge on any atom is -0.365 e. The molecule has 1 aliphatic heterocycles. The Bertz CT molecular complexity index is 814. The summed E-state index contributed by atoms with van der Waals surface area (Å²) >= 11 is 0. The van der Waals surface area contributed by atoms with Crippen LogP contribution in [0.1, 0.15) is 21.6 Å². The van der Waals surface area contributed by atoms with Crippen molar-refractivity contribution in [3.63, 3.8) is 0 Å². The molecule has 2 heterocycles. The number of halogens is 3. The molecule has 0 saturated carbocycles. The minimum absolute atomic E-state index is 0.130. The summed E-state index contributed by atoms with van der Waals surface area (Å²) in [6.45, 7) is 0.868. The van der Waals surface area contributed by atoms with Gasteiger partial charge in [-0.25, -0.2) is 4.79 Å². The van der Waals surface area contributed by atoms with E-state index in [-0.39, 0.29) is 17.8 Å². The van der Waals surface area contributed by atoms with Gasteiger partial charge in [-0.2, -0.15) is 18.3 Å². The summed E-state index contributed by atoms with van der Waals surface area (Å²) in [5, 5.41) is 6.58. The van der Waals surface area contributed by atoms with E-state index in [0.717, 1.165) is 12.1 Å². The van der Waals surface area contributed by atoms with E-state index in [1.165, 1.54) is 23.2 Å². The van der Waals surface area contributed by atoms with Gasteiger partial charge in [0.05, 0.1) is 36.1 Å². The van der Waals surface area contributed by atoms with Crippen molar-refractivity contribution >= 4 is 17.6 Å². The number of fused-ring (bicyclic) bond motifs is 1. The summed E-state index contributed by atoms with van der Waals surface area (Å²) in [5.74, 6) is -0.633. The number of urea groups is 1. The Morgan fingerprint density at radius 1 is 1.16 bits per heavy atom. The van der Waals surface area contributed by atoms with Gasteiger partial charge in [0.15, 0.2) is 0 Å². The summed E-state index contributed by atoms with van der Waals surface area (Å²) in [7, 11) is 0. The van der Waals surface area contributed by atoms with Crippen molar-refractivity contribution in [2.45, 2.75) is 19.3 Å². The maximum absolute atomic E-state index is 12.5. The molecular formula is C15H14F3N5O2. The van der Waals surface area contributed by atoms with Crippen LogP contribution in [0, 0.1) is 0 Å². The van der Waals surface area contributed by atoms with E-state index in [1.807, 2.05) is 0 Å². The normalized spacial score (nSPS) is 14.1. The van der Waals surface area contributed by atoms with Crippen LogP contribution in [0.5, 0.6) is 0 Å². The predicted molar refractivity (Wildman–Crippen MR) is 81.6 cm³/mol. The third kappa shape index (κ3) is 3.42. The lowest BCUT2D eigenvalue weighted by atomic mass is 10.2. The number of benzene rings is 1. The van der Waals surface area contributed by atoms with Gasteiger partial charge in [0.1, 0.15) is 0 Å². The molecule has 0 radical (unpaired) electrons. The number of anilines is 1. The number of alkyl halides is 3. The van der Waals surface area contributed by atoms with E-state index in [4.69, 9.17) is 5.73 Å². The van der Waals surface area contributed by atoms with Crippen LogP contribution >= 0.6 is 0 Å². The number of nitrogens with zero attached hydrogens (tertiary/aromatic N) is 3. The van der Waals surface area contributed by atoms with Gasteiger partial charge >= 0.3 is 12.2 Å². The topological polar surface area (TPSA) is 93.2 Å². The van der Waals surface area contributed by atoms with E-state index >= 15 is 0 Å². The van der Waals surface area contributed by atoms with Crippen LogP contribution in [0.3, 0.4) is 0 Å². The Kier molecular flexibility index (Phi) is 4.11. The quantitative estimate of drug-likeness (QED) is 0.865. The molecule has 0 fully saturated rings. The highest BCUT2D eigenvalue weighted by atomic mass is 19.4. The monoisotopic (exact) mass is 353 g/mol. The fraction of sp³-hybridized carbons (Fsp3) is 0.267. The molecule has 3 rings (SSSR count). The fourth-order valence-corrected chi connectivity index (χ4v) is 2.57. The lowest BCUT2D eigenvalue weighted by molar-refractivity contribution is -0.137. The molecule has 10 heteroatoms. The van der Waals surface area contributed by atoms with Gasteiger partial charge in [0, 0.05) is 12.2 Å². The second-order valence-corrected chi connectivity index (χ2v) is 5.52. The van der Waals surface area contributed by atoms with Gasteiger partial charge in [0.25, 0.3) is 5.91 Å².